The number of hydrogen-bond acceptors (Lipinski definition) is 5. The lowest BCUT2D eigenvalue weighted by Gasteiger charge is -2.22. The van der Waals surface area contributed by atoms with Gasteiger partial charge in [-0.05, 0) is 25.3 Å². The van der Waals surface area contributed by atoms with Crippen LogP contribution < -0.4 is 5.76 Å². The molecule has 3 rings (SSSR count). The predicted molar refractivity (Wildman–Crippen MR) is 70.7 cm³/mol. The lowest BCUT2D eigenvalue weighted by atomic mass is 10.1. The highest BCUT2D eigenvalue weighted by Crippen LogP contribution is 2.22. The van der Waals surface area contributed by atoms with Crippen molar-refractivity contribution in [3.8, 4) is 0 Å². The number of nitro benzene ring substituents is 1. The molecule has 7 nitrogen and oxygen atoms in total. The van der Waals surface area contributed by atoms with E-state index >= 15 is 0 Å². The maximum Gasteiger partial charge on any atom is 0.420 e. The van der Waals surface area contributed by atoms with Gasteiger partial charge in [0, 0.05) is 18.7 Å². The van der Waals surface area contributed by atoms with Crippen LogP contribution in [0.5, 0.6) is 0 Å². The highest BCUT2D eigenvalue weighted by atomic mass is 16.6. The van der Waals surface area contributed by atoms with E-state index in [0.29, 0.717) is 24.3 Å². The van der Waals surface area contributed by atoms with E-state index < -0.39 is 10.7 Å². The van der Waals surface area contributed by atoms with E-state index in [1.165, 1.54) is 22.8 Å². The molecule has 1 aliphatic rings. The monoisotopic (exact) mass is 278 g/mol. The Morgan fingerprint density at radius 1 is 1.40 bits per heavy atom. The van der Waals surface area contributed by atoms with E-state index in [0.717, 1.165) is 19.3 Å². The zero-order valence-electron chi connectivity index (χ0n) is 10.8. The number of ether oxygens (including phenoxy) is 1. The van der Waals surface area contributed by atoms with Gasteiger partial charge < -0.3 is 9.15 Å². The Balaban J connectivity index is 1.99. The number of benzene rings is 1. The topological polar surface area (TPSA) is 87.5 Å². The van der Waals surface area contributed by atoms with Gasteiger partial charge in [0.05, 0.1) is 23.1 Å². The second kappa shape index (κ2) is 5.09. The van der Waals surface area contributed by atoms with Crippen LogP contribution in [0.4, 0.5) is 5.69 Å². The van der Waals surface area contributed by atoms with Crippen molar-refractivity contribution in [3.63, 3.8) is 0 Å². The summed E-state index contributed by atoms with van der Waals surface area (Å²) in [5.41, 5.74) is 0.742. The van der Waals surface area contributed by atoms with Crippen molar-refractivity contribution < 1.29 is 14.1 Å². The second-order valence-corrected chi connectivity index (χ2v) is 4.88. The summed E-state index contributed by atoms with van der Waals surface area (Å²) >= 11 is 0. The molecule has 0 radical (unpaired) electrons. The number of aromatic nitrogens is 1. The maximum absolute atomic E-state index is 11.9. The number of nitrogens with zero attached hydrogens (tertiary/aromatic N) is 2. The van der Waals surface area contributed by atoms with Gasteiger partial charge in [-0.15, -0.1) is 0 Å². The average Bonchev–Trinajstić information content (AvgIpc) is 2.75. The number of fused-ring (bicyclic) bond motifs is 1. The molecule has 0 bridgehead atoms. The van der Waals surface area contributed by atoms with Gasteiger partial charge >= 0.3 is 5.76 Å². The van der Waals surface area contributed by atoms with Gasteiger partial charge in [0.1, 0.15) is 0 Å². The Labute approximate surface area is 113 Å². The van der Waals surface area contributed by atoms with Gasteiger partial charge in [-0.2, -0.15) is 0 Å². The van der Waals surface area contributed by atoms with E-state index in [4.69, 9.17) is 9.15 Å². The summed E-state index contributed by atoms with van der Waals surface area (Å²) in [4.78, 5) is 22.2. The minimum Gasteiger partial charge on any atom is -0.408 e. The van der Waals surface area contributed by atoms with Crippen LogP contribution in [0.3, 0.4) is 0 Å². The van der Waals surface area contributed by atoms with Crippen molar-refractivity contribution in [1.29, 1.82) is 0 Å². The first kappa shape index (κ1) is 12.9. The standard InChI is InChI=1S/C13H14N2O5/c16-13-14(8-10-3-1-2-6-19-10)11-7-9(15(17)18)4-5-12(11)20-13/h4-5,7,10H,1-3,6,8H2. The first-order chi connectivity index (χ1) is 9.65. The summed E-state index contributed by atoms with van der Waals surface area (Å²) in [6, 6.07) is 4.14. The fourth-order valence-corrected chi connectivity index (χ4v) is 2.49. The van der Waals surface area contributed by atoms with E-state index in [1.54, 1.807) is 0 Å². The molecule has 106 valence electrons. The van der Waals surface area contributed by atoms with Crippen LogP contribution in [0.1, 0.15) is 19.3 Å². The van der Waals surface area contributed by atoms with Gasteiger partial charge in [-0.25, -0.2) is 4.79 Å². The molecule has 20 heavy (non-hydrogen) atoms. The third-order valence-corrected chi connectivity index (χ3v) is 3.52. The Hall–Kier alpha value is -2.15. The summed E-state index contributed by atoms with van der Waals surface area (Å²) < 4.78 is 12.1. The third kappa shape index (κ3) is 2.32. The predicted octanol–water partition coefficient (Wildman–Crippen LogP) is 2.07. The van der Waals surface area contributed by atoms with Crippen molar-refractivity contribution in [2.75, 3.05) is 6.61 Å². The minimum absolute atomic E-state index is 0.0403. The number of hydrogen-bond donors (Lipinski definition) is 0. The first-order valence-electron chi connectivity index (χ1n) is 6.54. The van der Waals surface area contributed by atoms with Gasteiger partial charge in [0.25, 0.3) is 5.69 Å². The summed E-state index contributed by atoms with van der Waals surface area (Å²) in [5.74, 6) is -0.505. The van der Waals surface area contributed by atoms with Crippen LogP contribution >= 0.6 is 0 Å². The average molecular weight is 278 g/mol. The molecule has 1 unspecified atom stereocenters. The summed E-state index contributed by atoms with van der Waals surface area (Å²) in [7, 11) is 0. The molecule has 2 heterocycles. The molecule has 1 fully saturated rings. The van der Waals surface area contributed by atoms with Crippen molar-refractivity contribution in [1.82, 2.24) is 4.57 Å². The largest absolute Gasteiger partial charge is 0.420 e. The molecule has 0 amide bonds. The Bertz CT molecular complexity index is 696. The third-order valence-electron chi connectivity index (χ3n) is 3.52. The zero-order valence-corrected chi connectivity index (χ0v) is 10.8. The molecular formula is C13H14N2O5. The fourth-order valence-electron chi connectivity index (χ4n) is 2.49. The molecule has 1 saturated heterocycles. The number of rotatable bonds is 3. The highest BCUT2D eigenvalue weighted by molar-refractivity contribution is 5.75. The van der Waals surface area contributed by atoms with Crippen molar-refractivity contribution in [3.05, 3.63) is 38.9 Å². The number of oxazole rings is 1. The molecule has 1 aromatic carbocycles. The molecule has 0 aliphatic carbocycles. The van der Waals surface area contributed by atoms with Crippen LogP contribution in [-0.2, 0) is 11.3 Å². The fraction of sp³-hybridized carbons (Fsp3) is 0.462. The van der Waals surface area contributed by atoms with E-state index in [1.807, 2.05) is 0 Å². The van der Waals surface area contributed by atoms with Crippen LogP contribution in [0, 0.1) is 10.1 Å². The van der Waals surface area contributed by atoms with E-state index in [9.17, 15) is 14.9 Å². The normalized spacial score (nSPS) is 19.3. The van der Waals surface area contributed by atoms with E-state index in [-0.39, 0.29) is 11.8 Å². The van der Waals surface area contributed by atoms with Gasteiger partial charge in [0.15, 0.2) is 5.58 Å². The van der Waals surface area contributed by atoms with Crippen molar-refractivity contribution in [2.24, 2.45) is 0 Å². The molecule has 0 spiro atoms. The van der Waals surface area contributed by atoms with Crippen molar-refractivity contribution in [2.45, 2.75) is 31.9 Å². The molecule has 7 heteroatoms. The first-order valence-corrected chi connectivity index (χ1v) is 6.54. The summed E-state index contributed by atoms with van der Waals surface area (Å²) in [6.45, 7) is 1.06. The Kier molecular flexibility index (Phi) is 3.27. The molecule has 1 aliphatic heterocycles. The van der Waals surface area contributed by atoms with E-state index in [2.05, 4.69) is 0 Å². The number of non-ortho nitro benzene ring substituents is 1. The Morgan fingerprint density at radius 3 is 2.95 bits per heavy atom. The molecular weight excluding hydrogens is 264 g/mol. The quantitative estimate of drug-likeness (QED) is 0.633. The number of nitro groups is 1. The van der Waals surface area contributed by atoms with Gasteiger partial charge in [0.2, 0.25) is 0 Å². The molecule has 0 N–H and O–H groups in total. The lowest BCUT2D eigenvalue weighted by molar-refractivity contribution is -0.384. The SMILES string of the molecule is O=c1oc2ccc([N+](=O)[O-])cc2n1CC1CCCCO1. The molecule has 0 saturated carbocycles. The highest BCUT2D eigenvalue weighted by Gasteiger charge is 2.19. The second-order valence-electron chi connectivity index (χ2n) is 4.88. The summed E-state index contributed by atoms with van der Waals surface area (Å²) in [6.07, 6.45) is 2.94. The Morgan fingerprint density at radius 2 is 2.25 bits per heavy atom. The molecule has 1 aromatic heterocycles. The van der Waals surface area contributed by atoms with Crippen LogP contribution in [0.25, 0.3) is 11.1 Å². The van der Waals surface area contributed by atoms with Crippen LogP contribution in [0.2, 0.25) is 0 Å². The maximum atomic E-state index is 11.9. The smallest absolute Gasteiger partial charge is 0.408 e. The van der Waals surface area contributed by atoms with Crippen molar-refractivity contribution >= 4 is 16.8 Å². The molecule has 1 atom stereocenters. The molecule has 2 aromatic rings. The van der Waals surface area contributed by atoms with Gasteiger partial charge in [-0.3, -0.25) is 14.7 Å². The summed E-state index contributed by atoms with van der Waals surface area (Å²) in [5, 5.41) is 10.8. The van der Waals surface area contributed by atoms with Gasteiger partial charge in [-0.1, -0.05) is 0 Å². The van der Waals surface area contributed by atoms with Crippen LogP contribution in [-0.4, -0.2) is 22.2 Å². The van der Waals surface area contributed by atoms with Crippen LogP contribution in [0.15, 0.2) is 27.4 Å². The zero-order chi connectivity index (χ0) is 14.1. The lowest BCUT2D eigenvalue weighted by Crippen LogP contribution is -2.28. The minimum atomic E-state index is -0.505.